The topological polar surface area (TPSA) is 39.2 Å². The monoisotopic (exact) mass is 224 g/mol. The Labute approximate surface area is 96.7 Å². The fraction of sp³-hybridized carbons (Fsp3) is 0.818. The van der Waals surface area contributed by atoms with Crippen LogP contribution in [0.25, 0.3) is 0 Å². The number of hydrogen-bond acceptors (Lipinski definition) is 5. The highest BCUT2D eigenvalue weighted by Crippen LogP contribution is 2.13. The van der Waals surface area contributed by atoms with Crippen molar-refractivity contribution in [1.82, 2.24) is 14.7 Å². The lowest BCUT2D eigenvalue weighted by Crippen LogP contribution is -2.50. The lowest BCUT2D eigenvalue weighted by atomic mass is 10.3. The van der Waals surface area contributed by atoms with Gasteiger partial charge in [-0.15, -0.1) is 0 Å². The minimum absolute atomic E-state index is 0.0544. The molecule has 1 saturated heterocycles. The Kier molecular flexibility index (Phi) is 3.56. The van der Waals surface area contributed by atoms with Crippen LogP contribution in [-0.2, 0) is 4.79 Å². The summed E-state index contributed by atoms with van der Waals surface area (Å²) in [4.78, 5) is 21.9. The lowest BCUT2D eigenvalue weighted by Gasteiger charge is -2.35. The zero-order valence-corrected chi connectivity index (χ0v) is 10.0. The van der Waals surface area contributed by atoms with E-state index in [0.29, 0.717) is 0 Å². The van der Waals surface area contributed by atoms with Crippen LogP contribution in [0.2, 0.25) is 0 Å². The molecule has 0 saturated carbocycles. The molecular weight excluding hydrogens is 204 g/mol. The third-order valence-corrected chi connectivity index (χ3v) is 3.44. The second-order valence-electron chi connectivity index (χ2n) is 4.66. The number of nitrogens with zero attached hydrogens (tertiary/aromatic N) is 4. The minimum atomic E-state index is -0.0544. The zero-order valence-electron chi connectivity index (χ0n) is 10.0. The van der Waals surface area contributed by atoms with Crippen LogP contribution in [0, 0.1) is 0 Å². The van der Waals surface area contributed by atoms with Gasteiger partial charge in [-0.05, 0) is 14.0 Å². The minimum Gasteiger partial charge on any atom is -0.350 e. The first-order valence-corrected chi connectivity index (χ1v) is 5.87. The summed E-state index contributed by atoms with van der Waals surface area (Å²) in [6.45, 7) is 7.11. The molecule has 5 nitrogen and oxygen atoms in total. The van der Waals surface area contributed by atoms with Crippen molar-refractivity contribution in [3.8, 4) is 0 Å². The number of hydrogen-bond donors (Lipinski definition) is 0. The molecule has 16 heavy (non-hydrogen) atoms. The van der Waals surface area contributed by atoms with E-state index in [4.69, 9.17) is 0 Å². The molecule has 2 aliphatic heterocycles. The molecule has 0 bridgehead atoms. The molecule has 0 aromatic heterocycles. The van der Waals surface area contributed by atoms with E-state index in [1.165, 1.54) is 0 Å². The van der Waals surface area contributed by atoms with Crippen molar-refractivity contribution < 1.29 is 4.79 Å². The summed E-state index contributed by atoms with van der Waals surface area (Å²) in [7, 11) is 2.15. The van der Waals surface area contributed by atoms with Gasteiger partial charge >= 0.3 is 0 Å². The fourth-order valence-corrected chi connectivity index (χ4v) is 2.12. The maximum atomic E-state index is 10.7. The van der Waals surface area contributed by atoms with Crippen LogP contribution >= 0.6 is 0 Å². The molecule has 2 atom stereocenters. The van der Waals surface area contributed by atoms with E-state index in [1.54, 1.807) is 0 Å². The number of carbonyl (C=O) groups excluding carboxylic acids is 1. The first-order chi connectivity index (χ1) is 7.70. The number of likely N-dealkylation sites (N-methyl/N-ethyl adjacent to an activating group) is 1. The van der Waals surface area contributed by atoms with Crippen LogP contribution in [0.3, 0.4) is 0 Å². The summed E-state index contributed by atoms with van der Waals surface area (Å²) in [5, 5.41) is 0. The summed E-state index contributed by atoms with van der Waals surface area (Å²) in [6.07, 6.45) is 3.04. The van der Waals surface area contributed by atoms with Crippen molar-refractivity contribution in [1.29, 1.82) is 0 Å². The zero-order chi connectivity index (χ0) is 11.5. The predicted octanol–water partition coefficient (Wildman–Crippen LogP) is -0.509. The molecule has 0 N–H and O–H groups in total. The van der Waals surface area contributed by atoms with Crippen LogP contribution in [0.5, 0.6) is 0 Å². The van der Waals surface area contributed by atoms with Gasteiger partial charge in [-0.25, -0.2) is 0 Å². The van der Waals surface area contributed by atoms with E-state index >= 15 is 0 Å². The van der Waals surface area contributed by atoms with Gasteiger partial charge < -0.3 is 14.6 Å². The van der Waals surface area contributed by atoms with Gasteiger partial charge in [0.15, 0.2) is 0 Å². The van der Waals surface area contributed by atoms with Crippen molar-refractivity contribution in [3.63, 3.8) is 0 Å². The standard InChI is InChI=1S/C11H20N4O/c1-10(8-16)15-7-11(12-9-15)14-5-3-13(2)4-6-14/h8-11H,3-7H2,1-2H3. The van der Waals surface area contributed by atoms with Crippen LogP contribution in [0.15, 0.2) is 4.99 Å². The number of aldehydes is 1. The molecule has 0 aromatic carbocycles. The maximum Gasteiger partial charge on any atom is 0.142 e. The van der Waals surface area contributed by atoms with Crippen LogP contribution in [-0.4, -0.2) is 79.3 Å². The van der Waals surface area contributed by atoms with Crippen molar-refractivity contribution in [2.75, 3.05) is 39.8 Å². The van der Waals surface area contributed by atoms with Gasteiger partial charge in [-0.3, -0.25) is 9.89 Å². The maximum absolute atomic E-state index is 10.7. The normalized spacial score (nSPS) is 29.6. The van der Waals surface area contributed by atoms with Gasteiger partial charge in [-0.1, -0.05) is 0 Å². The Morgan fingerprint density at radius 3 is 2.69 bits per heavy atom. The highest BCUT2D eigenvalue weighted by atomic mass is 16.1. The Bertz CT molecular complexity index is 273. The summed E-state index contributed by atoms with van der Waals surface area (Å²) >= 11 is 0. The van der Waals surface area contributed by atoms with E-state index in [9.17, 15) is 4.79 Å². The fourth-order valence-electron chi connectivity index (χ4n) is 2.12. The van der Waals surface area contributed by atoms with Crippen LogP contribution in [0.1, 0.15) is 6.92 Å². The smallest absolute Gasteiger partial charge is 0.142 e. The van der Waals surface area contributed by atoms with E-state index < -0.39 is 0 Å². The van der Waals surface area contributed by atoms with Crippen LogP contribution < -0.4 is 0 Å². The van der Waals surface area contributed by atoms with E-state index in [2.05, 4.69) is 21.8 Å². The van der Waals surface area contributed by atoms with Gasteiger partial charge in [0.2, 0.25) is 0 Å². The highest BCUT2D eigenvalue weighted by molar-refractivity contribution is 5.67. The number of rotatable bonds is 3. The molecule has 2 rings (SSSR count). The Balaban J connectivity index is 1.85. The largest absolute Gasteiger partial charge is 0.350 e. The quantitative estimate of drug-likeness (QED) is 0.605. The first-order valence-electron chi connectivity index (χ1n) is 5.87. The molecule has 0 spiro atoms. The third kappa shape index (κ3) is 2.41. The number of carbonyl (C=O) groups is 1. The average Bonchev–Trinajstić information content (AvgIpc) is 2.78. The summed E-state index contributed by atoms with van der Waals surface area (Å²) in [6, 6.07) is -0.0544. The molecule has 90 valence electrons. The van der Waals surface area contributed by atoms with E-state index in [0.717, 1.165) is 39.0 Å². The third-order valence-electron chi connectivity index (χ3n) is 3.44. The van der Waals surface area contributed by atoms with Crippen LogP contribution in [0.4, 0.5) is 0 Å². The molecule has 1 fully saturated rings. The second-order valence-corrected chi connectivity index (χ2v) is 4.66. The molecule has 2 unspecified atom stereocenters. The molecule has 0 radical (unpaired) electrons. The Morgan fingerprint density at radius 1 is 1.38 bits per heavy atom. The van der Waals surface area contributed by atoms with E-state index in [-0.39, 0.29) is 12.2 Å². The van der Waals surface area contributed by atoms with Crippen molar-refractivity contribution in [2.24, 2.45) is 4.99 Å². The number of aliphatic imine (C=N–C) groups is 1. The molecule has 2 heterocycles. The molecule has 0 aliphatic carbocycles. The van der Waals surface area contributed by atoms with Gasteiger partial charge in [-0.2, -0.15) is 0 Å². The Morgan fingerprint density at radius 2 is 2.06 bits per heavy atom. The van der Waals surface area contributed by atoms with Crippen molar-refractivity contribution >= 4 is 12.6 Å². The molecule has 0 aromatic rings. The van der Waals surface area contributed by atoms with Gasteiger partial charge in [0.25, 0.3) is 0 Å². The van der Waals surface area contributed by atoms with Gasteiger partial charge in [0.05, 0.1) is 18.9 Å². The molecule has 2 aliphatic rings. The second kappa shape index (κ2) is 4.93. The summed E-state index contributed by atoms with van der Waals surface area (Å²) in [5.41, 5.74) is 0. The average molecular weight is 224 g/mol. The molecule has 0 amide bonds. The Hall–Kier alpha value is -0.940. The SMILES string of the molecule is CC(C=O)N1C=NC(N2CCN(C)CC2)C1. The van der Waals surface area contributed by atoms with Gasteiger partial charge in [0, 0.05) is 26.2 Å². The van der Waals surface area contributed by atoms with Crippen molar-refractivity contribution in [3.05, 3.63) is 0 Å². The summed E-state index contributed by atoms with van der Waals surface area (Å²) < 4.78 is 0. The highest BCUT2D eigenvalue weighted by Gasteiger charge is 2.27. The summed E-state index contributed by atoms with van der Waals surface area (Å²) in [5.74, 6) is 0. The predicted molar refractivity (Wildman–Crippen MR) is 63.6 cm³/mol. The van der Waals surface area contributed by atoms with Crippen molar-refractivity contribution in [2.45, 2.75) is 19.1 Å². The lowest BCUT2D eigenvalue weighted by molar-refractivity contribution is -0.110. The molecular formula is C11H20N4O. The van der Waals surface area contributed by atoms with E-state index in [1.807, 2.05) is 18.2 Å². The number of piperazine rings is 1. The molecule has 5 heteroatoms. The first kappa shape index (κ1) is 11.5. The van der Waals surface area contributed by atoms with Gasteiger partial charge in [0.1, 0.15) is 12.5 Å².